The third kappa shape index (κ3) is 8.20. The molecule has 4 unspecified atom stereocenters. The van der Waals surface area contributed by atoms with Gasteiger partial charge in [-0.2, -0.15) is 0 Å². The number of rotatable bonds is 8. The molecule has 11 heteroatoms. The molecule has 1 aromatic carbocycles. The summed E-state index contributed by atoms with van der Waals surface area (Å²) < 4.78 is 34.8. The fourth-order valence-electron chi connectivity index (χ4n) is 7.80. The van der Waals surface area contributed by atoms with Crippen LogP contribution in [0.3, 0.4) is 0 Å². The van der Waals surface area contributed by atoms with Crippen LogP contribution in [-0.2, 0) is 58.8 Å². The van der Waals surface area contributed by atoms with Crippen LogP contribution in [0.25, 0.3) is 0 Å². The van der Waals surface area contributed by atoms with Crippen molar-refractivity contribution in [2.75, 3.05) is 6.61 Å². The van der Waals surface area contributed by atoms with Gasteiger partial charge in [-0.1, -0.05) is 58.5 Å². The molecule has 50 heavy (non-hydrogen) atoms. The zero-order chi connectivity index (χ0) is 36.7. The number of ketones is 1. The van der Waals surface area contributed by atoms with Gasteiger partial charge in [-0.15, -0.1) is 0 Å². The number of esters is 4. The predicted octanol–water partition coefficient (Wildman–Crippen LogP) is 5.74. The molecule has 0 radical (unpaired) electrons. The molecule has 5 rings (SSSR count). The SMILES string of the molecule is C=C1CC(C)(C)CC2=C1C(c1ccc(C[C@@H]3OC(COC(C)=O)[C@@H](OC(C)=O)C(OC(C)=O)C3OC(C)=O)cc1)C1=C(CC(C)(C)CC1=O)O2. The molecular formula is C39H48O11. The molecule has 1 saturated heterocycles. The maximum absolute atomic E-state index is 13.8. The van der Waals surface area contributed by atoms with Crippen molar-refractivity contribution in [1.29, 1.82) is 0 Å². The smallest absolute Gasteiger partial charge is 0.303 e. The minimum Gasteiger partial charge on any atom is -0.465 e. The summed E-state index contributed by atoms with van der Waals surface area (Å²) in [7, 11) is 0. The maximum atomic E-state index is 13.8. The number of benzene rings is 1. The fourth-order valence-corrected chi connectivity index (χ4v) is 7.80. The molecule has 0 amide bonds. The molecule has 4 aliphatic rings. The Balaban J connectivity index is 1.50. The van der Waals surface area contributed by atoms with E-state index in [1.807, 2.05) is 24.3 Å². The van der Waals surface area contributed by atoms with Crippen molar-refractivity contribution in [3.8, 4) is 0 Å². The predicted molar refractivity (Wildman–Crippen MR) is 180 cm³/mol. The zero-order valence-electron chi connectivity index (χ0n) is 30.2. The maximum Gasteiger partial charge on any atom is 0.303 e. The summed E-state index contributed by atoms with van der Waals surface area (Å²) in [5.74, 6) is -1.24. The Labute approximate surface area is 293 Å². The van der Waals surface area contributed by atoms with E-state index in [0.717, 1.165) is 46.6 Å². The zero-order valence-corrected chi connectivity index (χ0v) is 30.2. The Morgan fingerprint density at radius 3 is 1.80 bits per heavy atom. The van der Waals surface area contributed by atoms with Gasteiger partial charge in [0, 0.05) is 70.4 Å². The van der Waals surface area contributed by atoms with Crippen LogP contribution in [0.15, 0.2) is 59.1 Å². The average Bonchev–Trinajstić information content (AvgIpc) is 2.96. The Kier molecular flexibility index (Phi) is 10.5. The molecular weight excluding hydrogens is 644 g/mol. The van der Waals surface area contributed by atoms with E-state index in [-0.39, 0.29) is 35.6 Å². The van der Waals surface area contributed by atoms with Gasteiger partial charge in [0.25, 0.3) is 0 Å². The highest BCUT2D eigenvalue weighted by molar-refractivity contribution is 6.00. The van der Waals surface area contributed by atoms with Crippen molar-refractivity contribution in [3.05, 3.63) is 70.2 Å². The van der Waals surface area contributed by atoms with Gasteiger partial charge in [-0.05, 0) is 34.0 Å². The third-order valence-corrected chi connectivity index (χ3v) is 9.55. The summed E-state index contributed by atoms with van der Waals surface area (Å²) in [6, 6.07) is 7.80. The standard InChI is InChI=1S/C39H48O11/c1-20-15-38(6,7)17-29-32(20)33(34-27(44)16-39(8,9)18-30(34)50-29)26-12-10-25(11-13-26)14-28-35(46-22(3)41)37(48-24(5)43)36(47-23(4)42)31(49-28)19-45-21(2)40/h10-13,28,31,33,35-37H,1,14-19H2,2-9H3/t28-,31?,33?,35?,36+,37?/m0/s1. The van der Waals surface area contributed by atoms with E-state index >= 15 is 0 Å². The first-order valence-corrected chi connectivity index (χ1v) is 17.1. The van der Waals surface area contributed by atoms with Crippen LogP contribution < -0.4 is 0 Å². The number of carbonyl (C=O) groups is 5. The Bertz CT molecular complexity index is 1590. The first-order chi connectivity index (χ1) is 23.3. The topological polar surface area (TPSA) is 141 Å². The number of hydrogen-bond donors (Lipinski definition) is 0. The molecule has 2 aliphatic carbocycles. The van der Waals surface area contributed by atoms with Gasteiger partial charge in [0.15, 0.2) is 24.1 Å². The second-order valence-corrected chi connectivity index (χ2v) is 15.5. The summed E-state index contributed by atoms with van der Waals surface area (Å²) >= 11 is 0. The highest BCUT2D eigenvalue weighted by Crippen LogP contribution is 2.55. The Morgan fingerprint density at radius 1 is 0.720 bits per heavy atom. The summed E-state index contributed by atoms with van der Waals surface area (Å²) in [6.07, 6.45) is -2.70. The van der Waals surface area contributed by atoms with Crippen LogP contribution in [-0.4, -0.2) is 66.8 Å². The van der Waals surface area contributed by atoms with Crippen LogP contribution in [0, 0.1) is 10.8 Å². The van der Waals surface area contributed by atoms with Gasteiger partial charge in [0.1, 0.15) is 30.3 Å². The molecule has 6 atom stereocenters. The first-order valence-electron chi connectivity index (χ1n) is 17.1. The summed E-state index contributed by atoms with van der Waals surface area (Å²) in [4.78, 5) is 62.1. The number of ether oxygens (including phenoxy) is 6. The lowest BCUT2D eigenvalue weighted by molar-refractivity contribution is -0.252. The van der Waals surface area contributed by atoms with E-state index in [9.17, 15) is 24.0 Å². The van der Waals surface area contributed by atoms with Gasteiger partial charge in [0.2, 0.25) is 0 Å². The number of hydrogen-bond acceptors (Lipinski definition) is 11. The molecule has 0 N–H and O–H groups in total. The van der Waals surface area contributed by atoms with Crippen LogP contribution >= 0.6 is 0 Å². The van der Waals surface area contributed by atoms with Gasteiger partial charge in [-0.3, -0.25) is 24.0 Å². The van der Waals surface area contributed by atoms with E-state index in [1.54, 1.807) is 0 Å². The molecule has 270 valence electrons. The number of carbonyl (C=O) groups excluding carboxylic acids is 5. The van der Waals surface area contributed by atoms with Crippen LogP contribution in [0.2, 0.25) is 0 Å². The molecule has 0 spiro atoms. The monoisotopic (exact) mass is 692 g/mol. The normalized spacial score (nSPS) is 28.5. The van der Waals surface area contributed by atoms with Gasteiger partial charge in [-0.25, -0.2) is 0 Å². The minimum absolute atomic E-state index is 0.0270. The number of Topliss-reactive ketones (excluding diaryl/α,β-unsaturated/α-hetero) is 1. The van der Waals surface area contributed by atoms with Crippen LogP contribution in [0.5, 0.6) is 0 Å². The van der Waals surface area contributed by atoms with Crippen molar-refractivity contribution in [2.24, 2.45) is 10.8 Å². The summed E-state index contributed by atoms with van der Waals surface area (Å²) in [6.45, 7) is 17.5. The van der Waals surface area contributed by atoms with Crippen LogP contribution in [0.1, 0.15) is 98.1 Å². The Hall–Kier alpha value is -4.25. The van der Waals surface area contributed by atoms with E-state index in [0.29, 0.717) is 18.4 Å². The van der Waals surface area contributed by atoms with E-state index in [2.05, 4.69) is 34.3 Å². The lowest BCUT2D eigenvalue weighted by Crippen LogP contribution is -2.62. The van der Waals surface area contributed by atoms with Crippen molar-refractivity contribution in [3.63, 3.8) is 0 Å². The average molecular weight is 693 g/mol. The van der Waals surface area contributed by atoms with Crippen molar-refractivity contribution >= 4 is 29.7 Å². The largest absolute Gasteiger partial charge is 0.465 e. The van der Waals surface area contributed by atoms with E-state index in [4.69, 9.17) is 28.4 Å². The van der Waals surface area contributed by atoms with Crippen LogP contribution in [0.4, 0.5) is 0 Å². The van der Waals surface area contributed by atoms with Gasteiger partial charge in [0.05, 0.1) is 0 Å². The minimum atomic E-state index is -1.24. The first kappa shape index (κ1) is 37.0. The lowest BCUT2D eigenvalue weighted by Gasteiger charge is -2.44. The summed E-state index contributed by atoms with van der Waals surface area (Å²) in [5, 5.41) is 0. The lowest BCUT2D eigenvalue weighted by atomic mass is 9.65. The second-order valence-electron chi connectivity index (χ2n) is 15.5. The van der Waals surface area contributed by atoms with Gasteiger partial charge >= 0.3 is 23.9 Å². The van der Waals surface area contributed by atoms with E-state index in [1.165, 1.54) is 27.7 Å². The molecule has 0 aromatic heterocycles. The van der Waals surface area contributed by atoms with Crippen molar-refractivity contribution in [1.82, 2.24) is 0 Å². The summed E-state index contributed by atoms with van der Waals surface area (Å²) in [5.41, 5.74) is 4.11. The molecule has 2 heterocycles. The molecule has 1 aromatic rings. The highest BCUT2D eigenvalue weighted by Gasteiger charge is 2.52. The second kappa shape index (κ2) is 14.2. The fraction of sp³-hybridized carbons (Fsp3) is 0.564. The van der Waals surface area contributed by atoms with E-state index < -0.39 is 54.4 Å². The van der Waals surface area contributed by atoms with Crippen molar-refractivity contribution < 1.29 is 52.4 Å². The molecule has 0 saturated carbocycles. The third-order valence-electron chi connectivity index (χ3n) is 9.55. The Morgan fingerprint density at radius 2 is 1.24 bits per heavy atom. The van der Waals surface area contributed by atoms with Gasteiger partial charge < -0.3 is 28.4 Å². The molecule has 11 nitrogen and oxygen atoms in total. The molecule has 0 bridgehead atoms. The number of allylic oxidation sites excluding steroid dienone is 5. The van der Waals surface area contributed by atoms with Crippen molar-refractivity contribution in [2.45, 2.75) is 124 Å². The molecule has 2 aliphatic heterocycles. The molecule has 1 fully saturated rings. The highest BCUT2D eigenvalue weighted by atomic mass is 16.7. The quantitative estimate of drug-likeness (QED) is 0.243.